The molecule has 1 aromatic heterocycles. The summed E-state index contributed by atoms with van der Waals surface area (Å²) in [5.74, 6) is 0. The smallest absolute Gasteiger partial charge is 0.205 e. The van der Waals surface area contributed by atoms with Gasteiger partial charge in [0.25, 0.3) is 0 Å². The molecule has 0 aliphatic heterocycles. The minimum atomic E-state index is -1.95. The summed E-state index contributed by atoms with van der Waals surface area (Å²) < 4.78 is 18.9. The molecular formula is C8H18N2O2S. The molecule has 0 aromatic carbocycles. The molecule has 0 saturated carbocycles. The summed E-state index contributed by atoms with van der Waals surface area (Å²) in [6.07, 6.45) is 1.56. The van der Waals surface area contributed by atoms with Gasteiger partial charge in [0.1, 0.15) is 0 Å². The summed E-state index contributed by atoms with van der Waals surface area (Å²) in [7, 11) is 0. The Balaban J connectivity index is -0.000000284. The van der Waals surface area contributed by atoms with E-state index in [-0.39, 0.29) is 12.6 Å². The van der Waals surface area contributed by atoms with Gasteiger partial charge < -0.3 is 10.7 Å². The second-order valence-corrected chi connectivity index (χ2v) is 2.84. The fourth-order valence-electron chi connectivity index (χ4n) is 0.558. The van der Waals surface area contributed by atoms with Crippen molar-refractivity contribution in [1.82, 2.24) is 11.1 Å². The molecule has 1 atom stereocenters. The first kappa shape index (κ1) is 14.7. The number of pyridine rings is 1. The SMILES string of the molecule is CC.Cc1ccc(S(=O)O)nc1.N.[HH]. The minimum absolute atomic E-state index is 0. The molecule has 0 aliphatic carbocycles. The van der Waals surface area contributed by atoms with E-state index in [4.69, 9.17) is 4.55 Å². The third kappa shape index (κ3) is 5.46. The van der Waals surface area contributed by atoms with Crippen LogP contribution in [0.5, 0.6) is 0 Å². The van der Waals surface area contributed by atoms with Crippen LogP contribution in [0, 0.1) is 6.92 Å². The van der Waals surface area contributed by atoms with Gasteiger partial charge in [-0.15, -0.1) is 0 Å². The van der Waals surface area contributed by atoms with Crippen molar-refractivity contribution in [3.05, 3.63) is 23.9 Å². The molecule has 0 bridgehead atoms. The van der Waals surface area contributed by atoms with Gasteiger partial charge in [-0.2, -0.15) is 0 Å². The molecule has 5 heteroatoms. The van der Waals surface area contributed by atoms with Crippen molar-refractivity contribution in [3.63, 3.8) is 0 Å². The van der Waals surface area contributed by atoms with E-state index in [1.807, 2.05) is 20.8 Å². The topological polar surface area (TPSA) is 85.2 Å². The maximum atomic E-state index is 10.4. The van der Waals surface area contributed by atoms with Gasteiger partial charge in [0, 0.05) is 7.62 Å². The fourth-order valence-corrected chi connectivity index (χ4v) is 0.885. The van der Waals surface area contributed by atoms with Crippen molar-refractivity contribution < 1.29 is 10.2 Å². The monoisotopic (exact) mass is 206 g/mol. The van der Waals surface area contributed by atoms with E-state index in [2.05, 4.69) is 4.98 Å². The summed E-state index contributed by atoms with van der Waals surface area (Å²) in [6.45, 7) is 5.87. The zero-order valence-corrected chi connectivity index (χ0v) is 8.97. The Morgan fingerprint density at radius 2 is 2.00 bits per heavy atom. The molecule has 0 radical (unpaired) electrons. The van der Waals surface area contributed by atoms with Crippen LogP contribution >= 0.6 is 0 Å². The highest BCUT2D eigenvalue weighted by Crippen LogP contribution is 2.00. The highest BCUT2D eigenvalue weighted by atomic mass is 32.2. The molecule has 0 amide bonds. The van der Waals surface area contributed by atoms with E-state index < -0.39 is 11.1 Å². The third-order valence-corrected chi connectivity index (χ3v) is 1.66. The predicted molar refractivity (Wildman–Crippen MR) is 56.5 cm³/mol. The van der Waals surface area contributed by atoms with Crippen LogP contribution in [-0.4, -0.2) is 13.7 Å². The Kier molecular flexibility index (Phi) is 8.89. The fraction of sp³-hybridized carbons (Fsp3) is 0.375. The number of rotatable bonds is 1. The molecular weight excluding hydrogens is 188 g/mol. The van der Waals surface area contributed by atoms with Crippen molar-refractivity contribution in [3.8, 4) is 0 Å². The van der Waals surface area contributed by atoms with Gasteiger partial charge >= 0.3 is 0 Å². The van der Waals surface area contributed by atoms with Crippen LogP contribution in [0.2, 0.25) is 0 Å². The van der Waals surface area contributed by atoms with Crippen LogP contribution in [0.4, 0.5) is 0 Å². The van der Waals surface area contributed by atoms with Crippen LogP contribution in [0.25, 0.3) is 0 Å². The van der Waals surface area contributed by atoms with E-state index in [1.165, 1.54) is 6.07 Å². The molecule has 0 saturated heterocycles. The average Bonchev–Trinajstić information content (AvgIpc) is 2.09. The second kappa shape index (κ2) is 7.85. The van der Waals surface area contributed by atoms with Crippen molar-refractivity contribution in [2.24, 2.45) is 0 Å². The largest absolute Gasteiger partial charge is 0.344 e. The van der Waals surface area contributed by atoms with Gasteiger partial charge in [0.2, 0.25) is 11.1 Å². The Morgan fingerprint density at radius 3 is 2.31 bits per heavy atom. The molecule has 13 heavy (non-hydrogen) atoms. The zero-order chi connectivity index (χ0) is 9.56. The van der Waals surface area contributed by atoms with E-state index in [1.54, 1.807) is 12.3 Å². The minimum Gasteiger partial charge on any atom is -0.344 e. The molecule has 4 N–H and O–H groups in total. The Hall–Kier alpha value is -0.780. The van der Waals surface area contributed by atoms with Gasteiger partial charge in [-0.1, -0.05) is 19.9 Å². The van der Waals surface area contributed by atoms with Crippen LogP contribution in [0.1, 0.15) is 20.8 Å². The first-order valence-electron chi connectivity index (χ1n) is 3.73. The summed E-state index contributed by atoms with van der Waals surface area (Å²) in [5, 5.41) is 0.200. The van der Waals surface area contributed by atoms with Crippen molar-refractivity contribution in [2.75, 3.05) is 0 Å². The lowest BCUT2D eigenvalue weighted by molar-refractivity contribution is 0.560. The number of nitrogens with zero attached hydrogens (tertiary/aromatic N) is 1. The van der Waals surface area contributed by atoms with E-state index in [0.717, 1.165) is 5.56 Å². The van der Waals surface area contributed by atoms with Crippen molar-refractivity contribution in [2.45, 2.75) is 25.8 Å². The predicted octanol–water partition coefficient (Wildman–Crippen LogP) is 2.40. The van der Waals surface area contributed by atoms with E-state index in [0.29, 0.717) is 0 Å². The van der Waals surface area contributed by atoms with Crippen molar-refractivity contribution >= 4 is 11.1 Å². The Labute approximate surface area is 82.7 Å². The normalized spacial score (nSPS) is 10.5. The lowest BCUT2D eigenvalue weighted by Gasteiger charge is -1.92. The molecule has 1 aromatic rings. The van der Waals surface area contributed by atoms with Crippen LogP contribution in [0.15, 0.2) is 23.4 Å². The quantitative estimate of drug-likeness (QED) is 0.691. The zero-order valence-electron chi connectivity index (χ0n) is 8.15. The third-order valence-electron chi connectivity index (χ3n) is 1.06. The number of aromatic nitrogens is 1. The summed E-state index contributed by atoms with van der Waals surface area (Å²) in [4.78, 5) is 3.73. The number of hydrogen-bond acceptors (Lipinski definition) is 3. The molecule has 1 heterocycles. The van der Waals surface area contributed by atoms with Gasteiger partial charge in [-0.05, 0) is 18.6 Å². The van der Waals surface area contributed by atoms with Crippen molar-refractivity contribution in [1.29, 1.82) is 0 Å². The standard InChI is InChI=1S/C6H7NO2S.C2H6.H3N.H2/c1-5-2-3-6(7-4-5)10(8)9;1-2;;/h2-4H,1H3,(H,8,9);1-2H3;1H3;1H. The van der Waals surface area contributed by atoms with E-state index >= 15 is 0 Å². The molecule has 1 rings (SSSR count). The van der Waals surface area contributed by atoms with Gasteiger partial charge in [0.15, 0.2) is 5.03 Å². The highest BCUT2D eigenvalue weighted by Gasteiger charge is 1.97. The van der Waals surface area contributed by atoms with Crippen LogP contribution in [0.3, 0.4) is 0 Å². The van der Waals surface area contributed by atoms with E-state index in [9.17, 15) is 4.21 Å². The maximum absolute atomic E-state index is 10.4. The summed E-state index contributed by atoms with van der Waals surface area (Å²) in [6, 6.07) is 3.28. The first-order valence-corrected chi connectivity index (χ1v) is 4.84. The van der Waals surface area contributed by atoms with Gasteiger partial charge in [-0.25, -0.2) is 9.19 Å². The maximum Gasteiger partial charge on any atom is 0.205 e. The summed E-state index contributed by atoms with van der Waals surface area (Å²) in [5.41, 5.74) is 0.981. The molecule has 0 fully saturated rings. The summed E-state index contributed by atoms with van der Waals surface area (Å²) >= 11 is -1.95. The van der Waals surface area contributed by atoms with Gasteiger partial charge in [-0.3, -0.25) is 0 Å². The first-order chi connectivity index (χ1) is 5.70. The lowest BCUT2D eigenvalue weighted by atomic mass is 10.3. The molecule has 4 nitrogen and oxygen atoms in total. The highest BCUT2D eigenvalue weighted by molar-refractivity contribution is 7.79. The van der Waals surface area contributed by atoms with Crippen LogP contribution in [-0.2, 0) is 11.1 Å². The average molecular weight is 206 g/mol. The second-order valence-electron chi connectivity index (χ2n) is 1.92. The van der Waals surface area contributed by atoms with Gasteiger partial charge in [0.05, 0.1) is 0 Å². The molecule has 0 aliphatic rings. The van der Waals surface area contributed by atoms with Crippen LogP contribution < -0.4 is 6.15 Å². The lowest BCUT2D eigenvalue weighted by Crippen LogP contribution is -1.91. The Bertz CT molecular complexity index is 254. The Morgan fingerprint density at radius 1 is 1.46 bits per heavy atom. The number of hydrogen-bond donors (Lipinski definition) is 2. The number of aryl methyl sites for hydroxylation is 1. The molecule has 1 unspecified atom stereocenters. The molecule has 78 valence electrons. The molecule has 0 spiro atoms.